The standard InChI is InChI=1S/C24H33N3O4S/c1-7-25-24(29)20(5)26(15-21-13-11-17(2)12-14-21)22(28)16-27(32(6,30)31)23-18(3)9-8-10-19(23)4/h8-14,20H,7,15-16H2,1-6H3,(H,25,29)/t20-/m0/s1. The molecule has 0 unspecified atom stereocenters. The van der Waals surface area contributed by atoms with Crippen LogP contribution in [0.1, 0.15) is 36.1 Å². The molecule has 2 amide bonds. The van der Waals surface area contributed by atoms with Gasteiger partial charge in [-0.1, -0.05) is 48.0 Å². The Hall–Kier alpha value is -2.87. The monoisotopic (exact) mass is 459 g/mol. The van der Waals surface area contributed by atoms with Crippen molar-refractivity contribution in [3.05, 3.63) is 64.7 Å². The first-order valence-corrected chi connectivity index (χ1v) is 12.5. The lowest BCUT2D eigenvalue weighted by atomic mass is 10.1. The van der Waals surface area contributed by atoms with E-state index in [1.165, 1.54) is 4.90 Å². The first-order valence-electron chi connectivity index (χ1n) is 10.6. The second-order valence-electron chi connectivity index (χ2n) is 8.09. The predicted octanol–water partition coefficient (Wildman–Crippen LogP) is 2.93. The van der Waals surface area contributed by atoms with Crippen molar-refractivity contribution in [2.24, 2.45) is 0 Å². The molecule has 8 heteroatoms. The van der Waals surface area contributed by atoms with Crippen molar-refractivity contribution in [3.8, 4) is 0 Å². The predicted molar refractivity (Wildman–Crippen MR) is 128 cm³/mol. The minimum absolute atomic E-state index is 0.196. The van der Waals surface area contributed by atoms with E-state index in [1.54, 1.807) is 6.92 Å². The molecule has 0 fully saturated rings. The summed E-state index contributed by atoms with van der Waals surface area (Å²) < 4.78 is 26.5. The topological polar surface area (TPSA) is 86.8 Å². The number of aryl methyl sites for hydroxylation is 3. The number of rotatable bonds is 9. The third-order valence-corrected chi connectivity index (χ3v) is 6.47. The molecule has 2 aromatic rings. The van der Waals surface area contributed by atoms with Crippen LogP contribution in [0.15, 0.2) is 42.5 Å². The van der Waals surface area contributed by atoms with Gasteiger partial charge in [-0.3, -0.25) is 13.9 Å². The second-order valence-corrected chi connectivity index (χ2v) is 9.99. The molecule has 2 aromatic carbocycles. The molecule has 0 aliphatic heterocycles. The molecule has 174 valence electrons. The van der Waals surface area contributed by atoms with Crippen LogP contribution >= 0.6 is 0 Å². The summed E-state index contributed by atoms with van der Waals surface area (Å²) in [6.45, 7) is 9.30. The van der Waals surface area contributed by atoms with E-state index in [0.717, 1.165) is 32.8 Å². The Bertz CT molecular complexity index is 1040. The third kappa shape index (κ3) is 6.32. The van der Waals surface area contributed by atoms with Gasteiger partial charge in [0.15, 0.2) is 0 Å². The largest absolute Gasteiger partial charge is 0.355 e. The van der Waals surface area contributed by atoms with Crippen LogP contribution < -0.4 is 9.62 Å². The van der Waals surface area contributed by atoms with Crippen molar-refractivity contribution in [1.82, 2.24) is 10.2 Å². The van der Waals surface area contributed by atoms with E-state index in [0.29, 0.717) is 12.2 Å². The summed E-state index contributed by atoms with van der Waals surface area (Å²) >= 11 is 0. The van der Waals surface area contributed by atoms with Gasteiger partial charge in [0, 0.05) is 13.1 Å². The van der Waals surface area contributed by atoms with E-state index in [2.05, 4.69) is 5.32 Å². The van der Waals surface area contributed by atoms with Crippen LogP contribution in [0, 0.1) is 20.8 Å². The maximum Gasteiger partial charge on any atom is 0.244 e. The lowest BCUT2D eigenvalue weighted by Crippen LogP contribution is -2.51. The van der Waals surface area contributed by atoms with E-state index in [-0.39, 0.29) is 19.0 Å². The third-order valence-electron chi connectivity index (χ3n) is 5.36. The number of amides is 2. The molecule has 32 heavy (non-hydrogen) atoms. The van der Waals surface area contributed by atoms with Crippen molar-refractivity contribution < 1.29 is 18.0 Å². The average Bonchev–Trinajstić information content (AvgIpc) is 2.71. The summed E-state index contributed by atoms with van der Waals surface area (Å²) in [4.78, 5) is 27.4. The summed E-state index contributed by atoms with van der Waals surface area (Å²) in [7, 11) is -3.74. The summed E-state index contributed by atoms with van der Waals surface area (Å²) in [6.07, 6.45) is 1.09. The van der Waals surface area contributed by atoms with Crippen molar-refractivity contribution in [1.29, 1.82) is 0 Å². The highest BCUT2D eigenvalue weighted by atomic mass is 32.2. The van der Waals surface area contributed by atoms with Crippen molar-refractivity contribution >= 4 is 27.5 Å². The summed E-state index contributed by atoms with van der Waals surface area (Å²) in [5, 5.41) is 2.74. The van der Waals surface area contributed by atoms with Crippen LogP contribution in [0.3, 0.4) is 0 Å². The number of nitrogens with zero attached hydrogens (tertiary/aromatic N) is 2. The molecule has 0 spiro atoms. The number of para-hydroxylation sites is 1. The lowest BCUT2D eigenvalue weighted by Gasteiger charge is -2.32. The van der Waals surface area contributed by atoms with Gasteiger partial charge in [-0.2, -0.15) is 0 Å². The molecular weight excluding hydrogens is 426 g/mol. The van der Waals surface area contributed by atoms with Crippen molar-refractivity contribution in [2.75, 3.05) is 23.7 Å². The Labute approximate surface area is 191 Å². The maximum absolute atomic E-state index is 13.5. The Kier molecular flexibility index (Phi) is 8.44. The molecule has 0 bridgehead atoms. The fourth-order valence-corrected chi connectivity index (χ4v) is 4.53. The Morgan fingerprint density at radius 1 is 1.00 bits per heavy atom. The van der Waals surface area contributed by atoms with Crippen LogP contribution in [-0.2, 0) is 26.2 Å². The van der Waals surface area contributed by atoms with Gasteiger partial charge in [-0.15, -0.1) is 0 Å². The first-order chi connectivity index (χ1) is 15.0. The van der Waals surface area contributed by atoms with E-state index in [9.17, 15) is 18.0 Å². The number of carbonyl (C=O) groups is 2. The van der Waals surface area contributed by atoms with Crippen LogP contribution in [0.2, 0.25) is 0 Å². The average molecular weight is 460 g/mol. The maximum atomic E-state index is 13.5. The zero-order chi connectivity index (χ0) is 24.1. The van der Waals surface area contributed by atoms with E-state index in [1.807, 2.05) is 70.2 Å². The van der Waals surface area contributed by atoms with Gasteiger partial charge in [-0.25, -0.2) is 8.42 Å². The van der Waals surface area contributed by atoms with E-state index >= 15 is 0 Å². The fraction of sp³-hybridized carbons (Fsp3) is 0.417. The number of benzene rings is 2. The van der Waals surface area contributed by atoms with Gasteiger partial charge in [-0.05, 0) is 51.3 Å². The minimum atomic E-state index is -3.74. The van der Waals surface area contributed by atoms with Crippen LogP contribution in [0.4, 0.5) is 5.69 Å². The molecule has 2 rings (SSSR count). The van der Waals surface area contributed by atoms with Crippen LogP contribution in [-0.4, -0.2) is 50.5 Å². The molecule has 0 heterocycles. The van der Waals surface area contributed by atoms with Crippen molar-refractivity contribution in [3.63, 3.8) is 0 Å². The smallest absolute Gasteiger partial charge is 0.244 e. The molecule has 0 aliphatic carbocycles. The second kappa shape index (κ2) is 10.6. The van der Waals surface area contributed by atoms with Crippen LogP contribution in [0.5, 0.6) is 0 Å². The first kappa shape index (κ1) is 25.4. The number of hydrogen-bond donors (Lipinski definition) is 1. The molecule has 0 aliphatic rings. The molecular formula is C24H33N3O4S. The molecule has 0 saturated carbocycles. The van der Waals surface area contributed by atoms with Gasteiger partial charge < -0.3 is 10.2 Å². The molecule has 0 saturated heterocycles. The highest BCUT2D eigenvalue weighted by Gasteiger charge is 2.30. The summed E-state index contributed by atoms with van der Waals surface area (Å²) in [5.41, 5.74) is 3.94. The Balaban J connectivity index is 2.43. The zero-order valence-corrected chi connectivity index (χ0v) is 20.5. The number of nitrogens with one attached hydrogen (secondary N) is 1. The fourth-order valence-electron chi connectivity index (χ4n) is 3.57. The molecule has 7 nitrogen and oxygen atoms in total. The Morgan fingerprint density at radius 3 is 2.06 bits per heavy atom. The van der Waals surface area contributed by atoms with Gasteiger partial charge in [0.2, 0.25) is 21.8 Å². The lowest BCUT2D eigenvalue weighted by molar-refractivity contribution is -0.139. The molecule has 1 N–H and O–H groups in total. The van der Waals surface area contributed by atoms with Crippen molar-refractivity contribution in [2.45, 2.75) is 47.2 Å². The molecule has 1 atom stereocenters. The summed E-state index contributed by atoms with van der Waals surface area (Å²) in [6, 6.07) is 12.4. The molecule has 0 radical (unpaired) electrons. The SMILES string of the molecule is CCNC(=O)[C@H](C)N(Cc1ccc(C)cc1)C(=O)CN(c1c(C)cccc1C)S(C)(=O)=O. The minimum Gasteiger partial charge on any atom is -0.355 e. The van der Waals surface area contributed by atoms with Gasteiger partial charge in [0.1, 0.15) is 12.6 Å². The van der Waals surface area contributed by atoms with Gasteiger partial charge in [0.25, 0.3) is 0 Å². The van der Waals surface area contributed by atoms with Crippen LogP contribution in [0.25, 0.3) is 0 Å². The number of anilines is 1. The normalized spacial score (nSPS) is 12.2. The summed E-state index contributed by atoms with van der Waals surface area (Å²) in [5.74, 6) is -0.733. The number of likely N-dealkylation sites (N-methyl/N-ethyl adjacent to an activating group) is 1. The Morgan fingerprint density at radius 2 is 1.56 bits per heavy atom. The highest BCUT2D eigenvalue weighted by Crippen LogP contribution is 2.27. The number of carbonyl (C=O) groups excluding carboxylic acids is 2. The molecule has 0 aromatic heterocycles. The zero-order valence-electron chi connectivity index (χ0n) is 19.7. The van der Waals surface area contributed by atoms with E-state index in [4.69, 9.17) is 0 Å². The quantitative estimate of drug-likeness (QED) is 0.625. The van der Waals surface area contributed by atoms with E-state index < -0.39 is 22.0 Å². The number of hydrogen-bond acceptors (Lipinski definition) is 4. The highest BCUT2D eigenvalue weighted by molar-refractivity contribution is 7.92. The van der Waals surface area contributed by atoms with Gasteiger partial charge in [0.05, 0.1) is 11.9 Å². The number of sulfonamides is 1. The van der Waals surface area contributed by atoms with Gasteiger partial charge >= 0.3 is 0 Å².